The van der Waals surface area contributed by atoms with E-state index >= 15 is 0 Å². The largest absolute Gasteiger partial charge is 0.355 e. The Morgan fingerprint density at radius 1 is 1.30 bits per heavy atom. The predicted octanol–water partition coefficient (Wildman–Crippen LogP) is 0.122. The van der Waals surface area contributed by atoms with Gasteiger partial charge in [0.1, 0.15) is 0 Å². The third-order valence-electron chi connectivity index (χ3n) is 1.20. The van der Waals surface area contributed by atoms with Gasteiger partial charge in [-0.05, 0) is 6.54 Å². The second kappa shape index (κ2) is 6.55. The standard InChI is InChI=1S/C7H16N2O/c1-3-7(10)9-6-5-8-4-2/h8H,3-6H2,1-2H3,(H,9,10). The van der Waals surface area contributed by atoms with Crippen molar-refractivity contribution >= 4 is 5.91 Å². The van der Waals surface area contributed by atoms with E-state index in [4.69, 9.17) is 0 Å². The fraction of sp³-hybridized carbons (Fsp3) is 0.857. The van der Waals surface area contributed by atoms with Gasteiger partial charge in [0.15, 0.2) is 0 Å². The van der Waals surface area contributed by atoms with Gasteiger partial charge < -0.3 is 10.6 Å². The molecule has 0 aromatic rings. The molecule has 0 aliphatic carbocycles. The summed E-state index contributed by atoms with van der Waals surface area (Å²) in [6.45, 7) is 6.45. The number of hydrogen-bond donors (Lipinski definition) is 2. The van der Waals surface area contributed by atoms with Gasteiger partial charge in [-0.2, -0.15) is 0 Å². The molecule has 10 heavy (non-hydrogen) atoms. The van der Waals surface area contributed by atoms with E-state index in [-0.39, 0.29) is 5.91 Å². The van der Waals surface area contributed by atoms with Crippen LogP contribution < -0.4 is 10.6 Å². The zero-order valence-electron chi connectivity index (χ0n) is 6.74. The van der Waals surface area contributed by atoms with Crippen molar-refractivity contribution in [1.29, 1.82) is 0 Å². The van der Waals surface area contributed by atoms with Crippen molar-refractivity contribution in [3.63, 3.8) is 0 Å². The SMILES string of the molecule is CCNCCNC(=O)CC. The zero-order valence-corrected chi connectivity index (χ0v) is 6.74. The first-order chi connectivity index (χ1) is 4.81. The van der Waals surface area contributed by atoms with Crippen LogP contribution in [0.2, 0.25) is 0 Å². The third-order valence-corrected chi connectivity index (χ3v) is 1.20. The lowest BCUT2D eigenvalue weighted by atomic mass is 10.4. The Labute approximate surface area is 62.2 Å². The third kappa shape index (κ3) is 5.56. The van der Waals surface area contributed by atoms with Gasteiger partial charge in [-0.25, -0.2) is 0 Å². The summed E-state index contributed by atoms with van der Waals surface area (Å²) in [7, 11) is 0. The second-order valence-electron chi connectivity index (χ2n) is 2.06. The summed E-state index contributed by atoms with van der Waals surface area (Å²) in [5.74, 6) is 0.123. The van der Waals surface area contributed by atoms with Gasteiger partial charge in [-0.15, -0.1) is 0 Å². The molecule has 0 radical (unpaired) electrons. The smallest absolute Gasteiger partial charge is 0.219 e. The number of amides is 1. The van der Waals surface area contributed by atoms with Gasteiger partial charge in [0.05, 0.1) is 0 Å². The molecule has 0 spiro atoms. The Kier molecular flexibility index (Phi) is 6.18. The fourth-order valence-electron chi connectivity index (χ4n) is 0.592. The molecule has 0 aliphatic heterocycles. The molecule has 0 aromatic heterocycles. The van der Waals surface area contributed by atoms with E-state index in [1.54, 1.807) is 0 Å². The van der Waals surface area contributed by atoms with Crippen molar-refractivity contribution in [2.45, 2.75) is 20.3 Å². The minimum atomic E-state index is 0.123. The molecule has 0 unspecified atom stereocenters. The van der Waals surface area contributed by atoms with E-state index in [1.165, 1.54) is 0 Å². The number of nitrogens with one attached hydrogen (secondary N) is 2. The predicted molar refractivity (Wildman–Crippen MR) is 41.8 cm³/mol. The minimum Gasteiger partial charge on any atom is -0.355 e. The van der Waals surface area contributed by atoms with Crippen LogP contribution >= 0.6 is 0 Å². The molecule has 0 heterocycles. The van der Waals surface area contributed by atoms with Gasteiger partial charge in [0.25, 0.3) is 0 Å². The first-order valence-corrected chi connectivity index (χ1v) is 3.78. The molecule has 0 atom stereocenters. The maximum atomic E-state index is 10.6. The highest BCUT2D eigenvalue weighted by Gasteiger charge is 1.92. The van der Waals surface area contributed by atoms with Crippen LogP contribution in [0.4, 0.5) is 0 Å². The van der Waals surface area contributed by atoms with E-state index < -0.39 is 0 Å². The summed E-state index contributed by atoms with van der Waals surface area (Å²) in [5, 5.41) is 5.88. The molecular formula is C7H16N2O. The van der Waals surface area contributed by atoms with Crippen LogP contribution in [0.15, 0.2) is 0 Å². The van der Waals surface area contributed by atoms with Crippen LogP contribution in [0.1, 0.15) is 20.3 Å². The Morgan fingerprint density at radius 3 is 2.50 bits per heavy atom. The highest BCUT2D eigenvalue weighted by molar-refractivity contribution is 5.75. The zero-order chi connectivity index (χ0) is 7.82. The van der Waals surface area contributed by atoms with Crippen LogP contribution in [0, 0.1) is 0 Å². The average Bonchev–Trinajstić information content (AvgIpc) is 1.98. The van der Waals surface area contributed by atoms with Gasteiger partial charge in [-0.3, -0.25) is 4.79 Å². The molecule has 0 bridgehead atoms. The highest BCUT2D eigenvalue weighted by atomic mass is 16.1. The Morgan fingerprint density at radius 2 is 2.00 bits per heavy atom. The summed E-state index contributed by atoms with van der Waals surface area (Å²) in [5.41, 5.74) is 0. The molecule has 3 heteroatoms. The molecule has 0 fully saturated rings. The molecule has 0 aliphatic rings. The normalized spacial score (nSPS) is 9.40. The monoisotopic (exact) mass is 144 g/mol. The van der Waals surface area contributed by atoms with Gasteiger partial charge >= 0.3 is 0 Å². The van der Waals surface area contributed by atoms with Gasteiger partial charge in [0, 0.05) is 19.5 Å². The molecule has 0 rings (SSSR count). The highest BCUT2D eigenvalue weighted by Crippen LogP contribution is 1.72. The van der Waals surface area contributed by atoms with Crippen molar-refractivity contribution in [2.75, 3.05) is 19.6 Å². The maximum Gasteiger partial charge on any atom is 0.219 e. The van der Waals surface area contributed by atoms with Crippen LogP contribution in [-0.2, 0) is 4.79 Å². The number of rotatable bonds is 5. The van der Waals surface area contributed by atoms with Crippen molar-refractivity contribution < 1.29 is 4.79 Å². The van der Waals surface area contributed by atoms with Crippen LogP contribution in [0.5, 0.6) is 0 Å². The maximum absolute atomic E-state index is 10.6. The van der Waals surface area contributed by atoms with E-state index in [9.17, 15) is 4.79 Å². The van der Waals surface area contributed by atoms with Gasteiger partial charge in [-0.1, -0.05) is 13.8 Å². The van der Waals surface area contributed by atoms with E-state index in [0.29, 0.717) is 6.42 Å². The molecular weight excluding hydrogens is 128 g/mol. The van der Waals surface area contributed by atoms with E-state index in [1.807, 2.05) is 13.8 Å². The van der Waals surface area contributed by atoms with E-state index in [0.717, 1.165) is 19.6 Å². The summed E-state index contributed by atoms with van der Waals surface area (Å²) in [4.78, 5) is 10.6. The first-order valence-electron chi connectivity index (χ1n) is 3.78. The molecule has 3 nitrogen and oxygen atoms in total. The molecule has 1 amide bonds. The summed E-state index contributed by atoms with van der Waals surface area (Å²) in [6.07, 6.45) is 0.576. The van der Waals surface area contributed by atoms with Crippen molar-refractivity contribution in [3.8, 4) is 0 Å². The molecule has 0 saturated heterocycles. The van der Waals surface area contributed by atoms with E-state index in [2.05, 4.69) is 10.6 Å². The van der Waals surface area contributed by atoms with Crippen molar-refractivity contribution in [1.82, 2.24) is 10.6 Å². The number of carbonyl (C=O) groups is 1. The van der Waals surface area contributed by atoms with Crippen LogP contribution in [-0.4, -0.2) is 25.5 Å². The van der Waals surface area contributed by atoms with Crippen LogP contribution in [0.25, 0.3) is 0 Å². The molecule has 60 valence electrons. The number of hydrogen-bond acceptors (Lipinski definition) is 2. The lowest BCUT2D eigenvalue weighted by Gasteiger charge is -2.02. The van der Waals surface area contributed by atoms with Crippen molar-refractivity contribution in [3.05, 3.63) is 0 Å². The Bertz CT molecular complexity index is 93.6. The lowest BCUT2D eigenvalue weighted by molar-refractivity contribution is -0.120. The molecule has 0 aromatic carbocycles. The number of likely N-dealkylation sites (N-methyl/N-ethyl adjacent to an activating group) is 1. The summed E-state index contributed by atoms with van der Waals surface area (Å²) in [6, 6.07) is 0. The topological polar surface area (TPSA) is 41.1 Å². The fourth-order valence-corrected chi connectivity index (χ4v) is 0.592. The minimum absolute atomic E-state index is 0.123. The second-order valence-corrected chi connectivity index (χ2v) is 2.06. The Hall–Kier alpha value is -0.570. The van der Waals surface area contributed by atoms with Crippen LogP contribution in [0.3, 0.4) is 0 Å². The lowest BCUT2D eigenvalue weighted by Crippen LogP contribution is -2.31. The molecule has 2 N–H and O–H groups in total. The average molecular weight is 144 g/mol. The number of carbonyl (C=O) groups excluding carboxylic acids is 1. The first kappa shape index (κ1) is 9.43. The molecule has 0 saturated carbocycles. The quantitative estimate of drug-likeness (QED) is 0.538. The van der Waals surface area contributed by atoms with Gasteiger partial charge in [0.2, 0.25) is 5.91 Å². The van der Waals surface area contributed by atoms with Crippen molar-refractivity contribution in [2.24, 2.45) is 0 Å². The Balaban J connectivity index is 2.96. The summed E-state index contributed by atoms with van der Waals surface area (Å²) < 4.78 is 0. The summed E-state index contributed by atoms with van der Waals surface area (Å²) >= 11 is 0.